The Kier molecular flexibility index (Phi) is 7.45. The molecule has 0 N–H and O–H groups in total. The van der Waals surface area contributed by atoms with Gasteiger partial charge in [0.05, 0.1) is 29.8 Å². The second-order valence-corrected chi connectivity index (χ2v) is 10.9. The largest absolute Gasteiger partial charge is 0.496 e. The van der Waals surface area contributed by atoms with Crippen molar-refractivity contribution < 1.29 is 19.0 Å². The SMILES string of the molecule is COc1ccc(Cl)c(Cl)c1[C@H]1C[C@H]2C(COC(c3ccccc3)(c3ccccc3)c3ccccc3)OC(=O)N2C1. The number of halogens is 2. The first kappa shape index (κ1) is 26.7. The van der Waals surface area contributed by atoms with Gasteiger partial charge in [-0.2, -0.15) is 0 Å². The second-order valence-electron chi connectivity index (χ2n) is 10.1. The Bertz CT molecular complexity index is 1390. The van der Waals surface area contributed by atoms with E-state index in [0.717, 1.165) is 22.3 Å². The molecule has 40 heavy (non-hydrogen) atoms. The lowest BCUT2D eigenvalue weighted by Crippen LogP contribution is -2.39. The molecule has 5 nitrogen and oxygen atoms in total. The Morgan fingerprint density at radius 3 is 1.93 bits per heavy atom. The maximum Gasteiger partial charge on any atom is 0.410 e. The van der Waals surface area contributed by atoms with Crippen molar-refractivity contribution in [3.63, 3.8) is 0 Å². The molecule has 4 aromatic carbocycles. The summed E-state index contributed by atoms with van der Waals surface area (Å²) >= 11 is 13.0. The summed E-state index contributed by atoms with van der Waals surface area (Å²) in [5, 5.41) is 0.926. The number of carbonyl (C=O) groups excluding carboxylic acids is 1. The number of amides is 1. The maximum absolute atomic E-state index is 13.0. The summed E-state index contributed by atoms with van der Waals surface area (Å²) in [5.41, 5.74) is 2.90. The summed E-state index contributed by atoms with van der Waals surface area (Å²) in [4.78, 5) is 14.8. The third kappa shape index (κ3) is 4.62. The van der Waals surface area contributed by atoms with E-state index in [1.54, 1.807) is 18.1 Å². The fourth-order valence-corrected chi connectivity index (χ4v) is 6.62. The predicted molar refractivity (Wildman–Crippen MR) is 156 cm³/mol. The zero-order chi connectivity index (χ0) is 27.7. The zero-order valence-corrected chi connectivity index (χ0v) is 23.5. The minimum absolute atomic E-state index is 0.0383. The number of benzene rings is 4. The molecular formula is C33H29Cl2NO4. The smallest absolute Gasteiger partial charge is 0.410 e. The molecule has 2 aliphatic heterocycles. The molecule has 204 valence electrons. The highest BCUT2D eigenvalue weighted by atomic mass is 35.5. The molecule has 0 aliphatic carbocycles. The molecular weight excluding hydrogens is 545 g/mol. The van der Waals surface area contributed by atoms with Crippen LogP contribution in [-0.2, 0) is 15.1 Å². The average molecular weight is 575 g/mol. The van der Waals surface area contributed by atoms with Crippen LogP contribution in [0.1, 0.15) is 34.6 Å². The van der Waals surface area contributed by atoms with Crippen LogP contribution in [0.4, 0.5) is 4.79 Å². The van der Waals surface area contributed by atoms with E-state index < -0.39 is 11.7 Å². The van der Waals surface area contributed by atoms with Gasteiger partial charge in [-0.1, -0.05) is 114 Å². The molecule has 4 aromatic rings. The zero-order valence-electron chi connectivity index (χ0n) is 22.0. The molecule has 2 heterocycles. The van der Waals surface area contributed by atoms with Gasteiger partial charge in [-0.05, 0) is 35.2 Å². The molecule has 0 spiro atoms. The number of rotatable bonds is 8. The maximum atomic E-state index is 13.0. The van der Waals surface area contributed by atoms with Crippen molar-refractivity contribution in [1.29, 1.82) is 0 Å². The lowest BCUT2D eigenvalue weighted by atomic mass is 9.80. The van der Waals surface area contributed by atoms with Gasteiger partial charge in [0.1, 0.15) is 17.5 Å². The third-order valence-electron chi connectivity index (χ3n) is 7.99. The van der Waals surface area contributed by atoms with Crippen LogP contribution < -0.4 is 4.74 Å². The van der Waals surface area contributed by atoms with Crippen LogP contribution in [0.3, 0.4) is 0 Å². The van der Waals surface area contributed by atoms with Crippen LogP contribution >= 0.6 is 23.2 Å². The van der Waals surface area contributed by atoms with Crippen molar-refractivity contribution in [2.75, 3.05) is 20.3 Å². The molecule has 0 radical (unpaired) electrons. The first-order valence-electron chi connectivity index (χ1n) is 13.3. The summed E-state index contributed by atoms with van der Waals surface area (Å²) in [5.74, 6) is 0.626. The molecule has 2 fully saturated rings. The fourth-order valence-electron chi connectivity index (χ4n) is 6.14. The van der Waals surface area contributed by atoms with Gasteiger partial charge < -0.3 is 19.1 Å². The number of ether oxygens (including phenoxy) is 3. The summed E-state index contributed by atoms with van der Waals surface area (Å²) in [6.45, 7) is 0.677. The van der Waals surface area contributed by atoms with E-state index in [2.05, 4.69) is 36.4 Å². The first-order chi connectivity index (χ1) is 19.5. The quantitative estimate of drug-likeness (QED) is 0.203. The number of methoxy groups -OCH3 is 1. The highest BCUT2D eigenvalue weighted by Crippen LogP contribution is 2.47. The van der Waals surface area contributed by atoms with E-state index in [1.807, 2.05) is 60.7 Å². The van der Waals surface area contributed by atoms with Gasteiger partial charge >= 0.3 is 6.09 Å². The molecule has 3 atom stereocenters. The van der Waals surface area contributed by atoms with E-state index in [1.165, 1.54) is 0 Å². The Balaban J connectivity index is 1.34. The number of hydrogen-bond donors (Lipinski definition) is 0. The van der Waals surface area contributed by atoms with Crippen molar-refractivity contribution in [2.24, 2.45) is 0 Å². The number of cyclic esters (lactones) is 1. The predicted octanol–water partition coefficient (Wildman–Crippen LogP) is 7.69. The first-order valence-corrected chi connectivity index (χ1v) is 14.1. The molecule has 0 bridgehead atoms. The van der Waals surface area contributed by atoms with E-state index in [-0.39, 0.29) is 24.7 Å². The normalized spacial score (nSPS) is 20.3. The Morgan fingerprint density at radius 1 is 0.850 bits per heavy atom. The van der Waals surface area contributed by atoms with Gasteiger partial charge in [0, 0.05) is 18.0 Å². The van der Waals surface area contributed by atoms with E-state index in [0.29, 0.717) is 28.8 Å². The van der Waals surface area contributed by atoms with Crippen LogP contribution in [0, 0.1) is 0 Å². The minimum Gasteiger partial charge on any atom is -0.496 e. The summed E-state index contributed by atoms with van der Waals surface area (Å²) in [6.07, 6.45) is -0.148. The monoisotopic (exact) mass is 573 g/mol. The molecule has 2 aliphatic rings. The van der Waals surface area contributed by atoms with Gasteiger partial charge in [-0.15, -0.1) is 0 Å². The van der Waals surface area contributed by atoms with Gasteiger partial charge in [0.25, 0.3) is 0 Å². The number of nitrogens with zero attached hydrogens (tertiary/aromatic N) is 1. The summed E-state index contributed by atoms with van der Waals surface area (Å²) < 4.78 is 18.5. The van der Waals surface area contributed by atoms with Crippen molar-refractivity contribution in [3.8, 4) is 5.75 Å². The molecule has 0 aromatic heterocycles. The Labute approximate surface area is 244 Å². The Morgan fingerprint density at radius 2 is 1.40 bits per heavy atom. The second kappa shape index (κ2) is 11.2. The number of fused-ring (bicyclic) bond motifs is 1. The standard InChI is InChI=1S/C33H29Cl2NO4/c1-38-28-18-17-26(34)31(35)30(28)22-19-27-29(40-32(37)36(27)20-22)21-39-33(23-11-5-2-6-12-23,24-13-7-3-8-14-24)25-15-9-4-10-16-25/h2-18,22,27,29H,19-21H2,1H3/t22-,27-,29?/m0/s1. The van der Waals surface area contributed by atoms with Crippen molar-refractivity contribution in [1.82, 2.24) is 4.90 Å². The van der Waals surface area contributed by atoms with Crippen molar-refractivity contribution >= 4 is 29.3 Å². The molecule has 1 unspecified atom stereocenters. The van der Waals surface area contributed by atoms with Gasteiger partial charge in [0.15, 0.2) is 0 Å². The van der Waals surface area contributed by atoms with Crippen LogP contribution in [0.2, 0.25) is 10.0 Å². The third-order valence-corrected chi connectivity index (χ3v) is 8.80. The van der Waals surface area contributed by atoms with Crippen LogP contribution in [-0.4, -0.2) is 43.4 Å². The van der Waals surface area contributed by atoms with Crippen LogP contribution in [0.25, 0.3) is 0 Å². The highest BCUT2D eigenvalue weighted by molar-refractivity contribution is 6.42. The van der Waals surface area contributed by atoms with Crippen molar-refractivity contribution in [2.45, 2.75) is 30.1 Å². The molecule has 6 rings (SSSR count). The van der Waals surface area contributed by atoms with Gasteiger partial charge in [-0.25, -0.2) is 4.79 Å². The average Bonchev–Trinajstić information content (AvgIpc) is 3.56. The van der Waals surface area contributed by atoms with Crippen LogP contribution in [0.15, 0.2) is 103 Å². The summed E-state index contributed by atoms with van der Waals surface area (Å²) in [7, 11) is 1.61. The van der Waals surface area contributed by atoms with Crippen molar-refractivity contribution in [3.05, 3.63) is 135 Å². The van der Waals surface area contributed by atoms with Gasteiger partial charge in [-0.3, -0.25) is 0 Å². The number of hydrogen-bond acceptors (Lipinski definition) is 4. The molecule has 7 heteroatoms. The van der Waals surface area contributed by atoms with E-state index in [4.69, 9.17) is 37.4 Å². The Hall–Kier alpha value is -3.51. The topological polar surface area (TPSA) is 48.0 Å². The number of carbonyl (C=O) groups is 1. The summed E-state index contributed by atoms with van der Waals surface area (Å²) in [6, 6.07) is 33.9. The van der Waals surface area contributed by atoms with E-state index in [9.17, 15) is 4.79 Å². The highest BCUT2D eigenvalue weighted by Gasteiger charge is 2.50. The van der Waals surface area contributed by atoms with Crippen LogP contribution in [0.5, 0.6) is 5.75 Å². The lowest BCUT2D eigenvalue weighted by Gasteiger charge is -2.37. The molecule has 2 saturated heterocycles. The molecule has 0 saturated carbocycles. The fraction of sp³-hybridized carbons (Fsp3) is 0.242. The van der Waals surface area contributed by atoms with Gasteiger partial charge in [0.2, 0.25) is 0 Å². The molecule has 1 amide bonds. The lowest BCUT2D eigenvalue weighted by molar-refractivity contribution is -0.0371. The van der Waals surface area contributed by atoms with E-state index >= 15 is 0 Å². The minimum atomic E-state index is -0.902.